The monoisotopic (exact) mass is 484 g/mol. The van der Waals surface area contributed by atoms with Crippen molar-refractivity contribution in [3.8, 4) is 0 Å². The van der Waals surface area contributed by atoms with Crippen LogP contribution in [0.5, 0.6) is 0 Å². The molecule has 0 saturated heterocycles. The second-order valence-corrected chi connectivity index (χ2v) is 8.37. The first-order valence-electron chi connectivity index (χ1n) is 12.3. The predicted octanol–water partition coefficient (Wildman–Crippen LogP) is 10.9. The van der Waals surface area contributed by atoms with E-state index in [4.69, 9.17) is 0 Å². The Morgan fingerprint density at radius 3 is 1.22 bits per heavy atom. The van der Waals surface area contributed by atoms with Crippen molar-refractivity contribution in [3.05, 3.63) is 174 Å². The molecule has 0 heteroatoms. The highest BCUT2D eigenvalue weighted by Crippen LogP contribution is 2.07. The Bertz CT molecular complexity index is 1230. The van der Waals surface area contributed by atoms with Crippen LogP contribution in [0.25, 0.3) is 30.4 Å². The fourth-order valence-electron chi connectivity index (χ4n) is 3.08. The highest BCUT2D eigenvalue weighted by molar-refractivity contribution is 5.53. The van der Waals surface area contributed by atoms with Crippen LogP contribution in [0.3, 0.4) is 0 Å². The maximum atomic E-state index is 3.69. The van der Waals surface area contributed by atoms with Gasteiger partial charge in [0, 0.05) is 0 Å². The highest BCUT2D eigenvalue weighted by Gasteiger charge is 1.87. The summed E-state index contributed by atoms with van der Waals surface area (Å²) in [5.41, 5.74) is 9.74. The van der Waals surface area contributed by atoms with E-state index < -0.39 is 0 Å². The minimum Gasteiger partial charge on any atom is -0.0985 e. The molecule has 0 spiro atoms. The van der Waals surface area contributed by atoms with Crippen molar-refractivity contribution in [2.45, 2.75) is 20.8 Å². The SMILES string of the molecule is C=Cc1ccc(C)cc1.C=Cc1ccc(C=C)cc1.C=Cc1cccc(C)c1.C=Cc1ccccc1C. The van der Waals surface area contributed by atoms with Crippen LogP contribution in [0, 0.1) is 20.8 Å². The zero-order valence-corrected chi connectivity index (χ0v) is 22.7. The molecule has 0 bridgehead atoms. The highest BCUT2D eigenvalue weighted by atomic mass is 13.9. The van der Waals surface area contributed by atoms with Gasteiger partial charge in [-0.25, -0.2) is 0 Å². The van der Waals surface area contributed by atoms with Gasteiger partial charge in [-0.1, -0.05) is 171 Å². The molecule has 0 aliphatic rings. The Kier molecular flexibility index (Phi) is 14.8. The summed E-state index contributed by atoms with van der Waals surface area (Å²) >= 11 is 0. The normalized spacial score (nSPS) is 8.95. The maximum absolute atomic E-state index is 3.69. The molecule has 0 aliphatic carbocycles. The summed E-state index contributed by atoms with van der Waals surface area (Å²) in [6.07, 6.45) is 9.22. The Morgan fingerprint density at radius 2 is 0.865 bits per heavy atom. The lowest BCUT2D eigenvalue weighted by Crippen LogP contribution is -1.75. The molecule has 0 fully saturated rings. The van der Waals surface area contributed by atoms with Crippen molar-refractivity contribution >= 4 is 30.4 Å². The molecular weight excluding hydrogens is 444 g/mol. The predicted molar refractivity (Wildman–Crippen MR) is 170 cm³/mol. The zero-order chi connectivity index (χ0) is 27.5. The molecule has 4 aromatic rings. The van der Waals surface area contributed by atoms with Gasteiger partial charge >= 0.3 is 0 Å². The van der Waals surface area contributed by atoms with E-state index in [9.17, 15) is 0 Å². The van der Waals surface area contributed by atoms with Gasteiger partial charge in [0.25, 0.3) is 0 Å². The number of aryl methyl sites for hydroxylation is 3. The number of hydrogen-bond donors (Lipinski definition) is 0. The van der Waals surface area contributed by atoms with Gasteiger partial charge in [-0.15, -0.1) is 0 Å². The lowest BCUT2D eigenvalue weighted by Gasteiger charge is -1.95. The van der Waals surface area contributed by atoms with Crippen LogP contribution >= 0.6 is 0 Å². The number of hydrogen-bond acceptors (Lipinski definition) is 0. The van der Waals surface area contributed by atoms with E-state index in [-0.39, 0.29) is 0 Å². The van der Waals surface area contributed by atoms with E-state index in [1.165, 1.54) is 33.4 Å². The molecule has 0 aliphatic heterocycles. The van der Waals surface area contributed by atoms with Crippen LogP contribution in [-0.4, -0.2) is 0 Å². The summed E-state index contributed by atoms with van der Waals surface area (Å²) in [6.45, 7) is 24.6. The molecule has 0 nitrogen and oxygen atoms in total. The van der Waals surface area contributed by atoms with Crippen molar-refractivity contribution in [2.75, 3.05) is 0 Å². The molecule has 0 aromatic heterocycles. The molecule has 0 unspecified atom stereocenters. The minimum absolute atomic E-state index is 1.14. The zero-order valence-electron chi connectivity index (χ0n) is 22.7. The van der Waals surface area contributed by atoms with Crippen LogP contribution in [0.2, 0.25) is 0 Å². The van der Waals surface area contributed by atoms with Crippen LogP contribution in [0.15, 0.2) is 130 Å². The van der Waals surface area contributed by atoms with Crippen molar-refractivity contribution in [2.24, 2.45) is 0 Å². The van der Waals surface area contributed by atoms with Crippen molar-refractivity contribution in [1.82, 2.24) is 0 Å². The van der Waals surface area contributed by atoms with Gasteiger partial charge in [0.2, 0.25) is 0 Å². The summed E-state index contributed by atoms with van der Waals surface area (Å²) in [6, 6.07) is 32.8. The quantitative estimate of drug-likeness (QED) is 0.264. The Morgan fingerprint density at radius 1 is 0.405 bits per heavy atom. The second-order valence-electron chi connectivity index (χ2n) is 8.37. The van der Waals surface area contributed by atoms with Gasteiger partial charge in [-0.05, 0) is 54.2 Å². The molecule has 0 radical (unpaired) electrons. The molecule has 4 rings (SSSR count). The number of rotatable bonds is 5. The van der Waals surface area contributed by atoms with E-state index in [1.54, 1.807) is 0 Å². The second kappa shape index (κ2) is 17.9. The average Bonchev–Trinajstić information content (AvgIpc) is 2.95. The first-order chi connectivity index (χ1) is 17.9. The maximum Gasteiger partial charge on any atom is -0.0233 e. The molecule has 0 N–H and O–H groups in total. The van der Waals surface area contributed by atoms with E-state index in [0.29, 0.717) is 0 Å². The third-order valence-electron chi connectivity index (χ3n) is 5.41. The molecule has 0 atom stereocenters. The summed E-state index contributed by atoms with van der Waals surface area (Å²) in [5.74, 6) is 0. The minimum atomic E-state index is 1.14. The summed E-state index contributed by atoms with van der Waals surface area (Å²) in [7, 11) is 0. The lowest BCUT2D eigenvalue weighted by atomic mass is 10.1. The fourth-order valence-corrected chi connectivity index (χ4v) is 3.08. The molecule has 37 heavy (non-hydrogen) atoms. The standard InChI is InChI=1S/C10H10.3C9H10/c1-3-9-5-7-10(4-2)8-6-9;1-3-9-6-4-8(2)5-7-9;1-3-9-6-4-5-8(2)7-9;1-3-9-7-5-4-6-8(9)2/h3-8H,1-2H2;3*3-7H,1H2,2H3. The molecule has 188 valence electrons. The number of benzene rings is 4. The van der Waals surface area contributed by atoms with Crippen molar-refractivity contribution < 1.29 is 0 Å². The van der Waals surface area contributed by atoms with Crippen LogP contribution < -0.4 is 0 Å². The average molecular weight is 485 g/mol. The molecule has 0 heterocycles. The van der Waals surface area contributed by atoms with Gasteiger partial charge in [-0.3, -0.25) is 0 Å². The summed E-state index contributed by atoms with van der Waals surface area (Å²) in [5, 5.41) is 0. The summed E-state index contributed by atoms with van der Waals surface area (Å²) < 4.78 is 0. The fraction of sp³-hybridized carbons (Fsp3) is 0.0811. The van der Waals surface area contributed by atoms with E-state index in [0.717, 1.165) is 11.1 Å². The van der Waals surface area contributed by atoms with Gasteiger partial charge in [-0.2, -0.15) is 0 Å². The first-order valence-corrected chi connectivity index (χ1v) is 12.3. The molecule has 0 saturated carbocycles. The third kappa shape index (κ3) is 12.7. The third-order valence-corrected chi connectivity index (χ3v) is 5.41. The van der Waals surface area contributed by atoms with Crippen LogP contribution in [0.1, 0.15) is 44.5 Å². The van der Waals surface area contributed by atoms with E-state index in [1.807, 2.05) is 78.9 Å². The van der Waals surface area contributed by atoms with Gasteiger partial charge < -0.3 is 0 Å². The first kappa shape index (κ1) is 30.6. The molecule has 4 aromatic carbocycles. The van der Waals surface area contributed by atoms with Crippen LogP contribution in [0.4, 0.5) is 0 Å². The largest absolute Gasteiger partial charge is 0.0985 e. The van der Waals surface area contributed by atoms with Crippen LogP contribution in [-0.2, 0) is 0 Å². The Labute approximate surface area is 225 Å². The lowest BCUT2D eigenvalue weighted by molar-refractivity contribution is 1.45. The van der Waals surface area contributed by atoms with Crippen molar-refractivity contribution in [3.63, 3.8) is 0 Å². The Balaban J connectivity index is 0.000000247. The molecular formula is C37H40. The van der Waals surface area contributed by atoms with Gasteiger partial charge in [0.15, 0.2) is 0 Å². The smallest absolute Gasteiger partial charge is 0.0233 e. The van der Waals surface area contributed by atoms with Gasteiger partial charge in [0.1, 0.15) is 0 Å². The molecule has 0 amide bonds. The summed E-state index contributed by atoms with van der Waals surface area (Å²) in [4.78, 5) is 0. The topological polar surface area (TPSA) is 0 Å². The Hall–Kier alpha value is -4.42. The van der Waals surface area contributed by atoms with Gasteiger partial charge in [0.05, 0.1) is 0 Å². The van der Waals surface area contributed by atoms with Crippen molar-refractivity contribution in [1.29, 1.82) is 0 Å². The van der Waals surface area contributed by atoms with E-state index >= 15 is 0 Å². The van der Waals surface area contributed by atoms with E-state index in [2.05, 4.69) is 102 Å².